The quantitative estimate of drug-likeness (QED) is 0.614. The van der Waals surface area contributed by atoms with Crippen molar-refractivity contribution in [1.82, 2.24) is 5.43 Å². The van der Waals surface area contributed by atoms with Gasteiger partial charge in [0.1, 0.15) is 0 Å². The summed E-state index contributed by atoms with van der Waals surface area (Å²) in [5.41, 5.74) is 2.89. The fourth-order valence-electron chi connectivity index (χ4n) is 2.05. The van der Waals surface area contributed by atoms with E-state index in [0.717, 1.165) is 0 Å². The van der Waals surface area contributed by atoms with Gasteiger partial charge in [-0.3, -0.25) is 4.79 Å². The number of hydrogen-bond acceptors (Lipinski definition) is 6. The zero-order valence-corrected chi connectivity index (χ0v) is 12.3. The van der Waals surface area contributed by atoms with Gasteiger partial charge in [-0.05, 0) is 30.2 Å². The Bertz CT molecular complexity index is 669. The molecule has 114 valence electrons. The number of benzene rings is 1. The molecule has 0 radical (unpaired) electrons. The molecule has 1 heterocycles. The topological polar surface area (TPSA) is 105 Å². The first-order valence-electron chi connectivity index (χ1n) is 6.31. The molecule has 1 saturated heterocycles. The van der Waals surface area contributed by atoms with Gasteiger partial charge in [-0.15, -0.1) is 0 Å². The van der Waals surface area contributed by atoms with E-state index < -0.39 is 21.7 Å². The number of sulfone groups is 1. The first-order chi connectivity index (χ1) is 9.91. The van der Waals surface area contributed by atoms with E-state index in [9.17, 15) is 18.3 Å². The minimum Gasteiger partial charge on any atom is -0.504 e. The van der Waals surface area contributed by atoms with E-state index in [2.05, 4.69) is 10.5 Å². The van der Waals surface area contributed by atoms with Crippen LogP contribution in [-0.4, -0.2) is 44.3 Å². The van der Waals surface area contributed by atoms with Crippen molar-refractivity contribution in [3.05, 3.63) is 23.8 Å². The largest absolute Gasteiger partial charge is 0.504 e. The molecule has 1 aliphatic rings. The molecule has 1 amide bonds. The summed E-state index contributed by atoms with van der Waals surface area (Å²) in [6.45, 7) is 0. The van der Waals surface area contributed by atoms with Gasteiger partial charge < -0.3 is 9.84 Å². The molecule has 0 unspecified atom stereocenters. The maximum Gasteiger partial charge on any atom is 0.244 e. The number of rotatable bonds is 4. The SMILES string of the molecule is COc1ccc(/C=N\NC(=O)[C@@H]2CCS(=O)(=O)C2)cc1O. The third-order valence-corrected chi connectivity index (χ3v) is 4.96. The number of carbonyl (C=O) groups is 1. The average molecular weight is 312 g/mol. The fourth-order valence-corrected chi connectivity index (χ4v) is 3.79. The van der Waals surface area contributed by atoms with Crippen LogP contribution in [0, 0.1) is 5.92 Å². The second-order valence-corrected chi connectivity index (χ2v) is 6.99. The summed E-state index contributed by atoms with van der Waals surface area (Å²) in [6, 6.07) is 4.67. The van der Waals surface area contributed by atoms with E-state index in [4.69, 9.17) is 4.74 Å². The molecule has 0 spiro atoms. The van der Waals surface area contributed by atoms with Crippen LogP contribution in [0.2, 0.25) is 0 Å². The van der Waals surface area contributed by atoms with Crippen LogP contribution in [0.25, 0.3) is 0 Å². The number of ether oxygens (including phenoxy) is 1. The Morgan fingerprint density at radius 3 is 2.86 bits per heavy atom. The van der Waals surface area contributed by atoms with Crippen LogP contribution in [-0.2, 0) is 14.6 Å². The number of hydrogen-bond donors (Lipinski definition) is 2. The van der Waals surface area contributed by atoms with E-state index >= 15 is 0 Å². The summed E-state index contributed by atoms with van der Waals surface area (Å²) < 4.78 is 27.5. The van der Waals surface area contributed by atoms with Gasteiger partial charge in [-0.1, -0.05) is 0 Å². The highest BCUT2D eigenvalue weighted by Crippen LogP contribution is 2.25. The maximum atomic E-state index is 11.7. The second-order valence-electron chi connectivity index (χ2n) is 4.77. The fraction of sp³-hybridized carbons (Fsp3) is 0.385. The standard InChI is InChI=1S/C13H16N2O5S/c1-20-12-3-2-9(6-11(12)16)7-14-15-13(17)10-4-5-21(18,19)8-10/h2-3,6-7,10,16H,4-5,8H2,1H3,(H,15,17)/b14-7-/t10-/m1/s1. The van der Waals surface area contributed by atoms with Crippen molar-refractivity contribution >= 4 is 22.0 Å². The highest BCUT2D eigenvalue weighted by atomic mass is 32.2. The molecule has 1 aromatic rings. The molecule has 1 atom stereocenters. The predicted octanol–water partition coefficient (Wildman–Crippen LogP) is 0.286. The zero-order chi connectivity index (χ0) is 15.5. The van der Waals surface area contributed by atoms with Gasteiger partial charge in [-0.2, -0.15) is 5.10 Å². The maximum absolute atomic E-state index is 11.7. The van der Waals surface area contributed by atoms with Crippen molar-refractivity contribution in [2.75, 3.05) is 18.6 Å². The Balaban J connectivity index is 1.93. The molecule has 1 fully saturated rings. The van der Waals surface area contributed by atoms with Crippen molar-refractivity contribution in [3.63, 3.8) is 0 Å². The molecule has 2 N–H and O–H groups in total. The van der Waals surface area contributed by atoms with Gasteiger partial charge >= 0.3 is 0 Å². The number of phenolic OH excluding ortho intramolecular Hbond substituents is 1. The van der Waals surface area contributed by atoms with Gasteiger partial charge in [0, 0.05) is 0 Å². The molecule has 8 heteroatoms. The molecular formula is C13H16N2O5S. The third kappa shape index (κ3) is 3.94. The molecule has 21 heavy (non-hydrogen) atoms. The highest BCUT2D eigenvalue weighted by molar-refractivity contribution is 7.91. The van der Waals surface area contributed by atoms with Crippen LogP contribution in [0.3, 0.4) is 0 Å². The summed E-state index contributed by atoms with van der Waals surface area (Å²) in [7, 11) is -1.65. The summed E-state index contributed by atoms with van der Waals surface area (Å²) in [5.74, 6) is -0.734. The Kier molecular flexibility index (Phi) is 4.46. The third-order valence-electron chi connectivity index (χ3n) is 3.19. The molecule has 1 aromatic carbocycles. The van der Waals surface area contributed by atoms with Gasteiger partial charge in [0.2, 0.25) is 5.91 Å². The molecule has 0 saturated carbocycles. The Hall–Kier alpha value is -2.09. The monoisotopic (exact) mass is 312 g/mol. The molecular weight excluding hydrogens is 296 g/mol. The van der Waals surface area contributed by atoms with Gasteiger partial charge in [0.15, 0.2) is 21.3 Å². The smallest absolute Gasteiger partial charge is 0.244 e. The lowest BCUT2D eigenvalue weighted by atomic mass is 10.1. The van der Waals surface area contributed by atoms with E-state index in [-0.39, 0.29) is 17.3 Å². The highest BCUT2D eigenvalue weighted by Gasteiger charge is 2.32. The zero-order valence-electron chi connectivity index (χ0n) is 11.4. The molecule has 1 aliphatic heterocycles. The molecule has 0 bridgehead atoms. The van der Waals surface area contributed by atoms with Gasteiger partial charge in [0.25, 0.3) is 0 Å². The normalized spacial score (nSPS) is 20.5. The number of nitrogens with one attached hydrogen (secondary N) is 1. The first-order valence-corrected chi connectivity index (χ1v) is 8.14. The molecule has 0 aromatic heterocycles. The number of phenols is 1. The number of amides is 1. The van der Waals surface area contributed by atoms with E-state index in [1.807, 2.05) is 0 Å². The average Bonchev–Trinajstić information content (AvgIpc) is 2.79. The second kappa shape index (κ2) is 6.13. The number of aromatic hydroxyl groups is 1. The van der Waals surface area contributed by atoms with Crippen LogP contribution < -0.4 is 10.2 Å². The lowest BCUT2D eigenvalue weighted by molar-refractivity contribution is -0.124. The first kappa shape index (κ1) is 15.3. The summed E-state index contributed by atoms with van der Waals surface area (Å²) in [4.78, 5) is 11.7. The number of nitrogens with zero attached hydrogens (tertiary/aromatic N) is 1. The van der Waals surface area contributed by atoms with E-state index in [1.165, 1.54) is 19.4 Å². The summed E-state index contributed by atoms with van der Waals surface area (Å²) in [6.07, 6.45) is 1.69. The minimum atomic E-state index is -3.09. The number of methoxy groups -OCH3 is 1. The van der Waals surface area contributed by atoms with Crippen molar-refractivity contribution < 1.29 is 23.1 Å². The Morgan fingerprint density at radius 2 is 2.29 bits per heavy atom. The molecule has 2 rings (SSSR count). The summed E-state index contributed by atoms with van der Waals surface area (Å²) in [5, 5.41) is 13.3. The Labute approximate surface area is 122 Å². The van der Waals surface area contributed by atoms with Crippen molar-refractivity contribution in [3.8, 4) is 11.5 Å². The lowest BCUT2D eigenvalue weighted by Gasteiger charge is -2.05. The number of hydrazone groups is 1. The lowest BCUT2D eigenvalue weighted by Crippen LogP contribution is -2.27. The van der Waals surface area contributed by atoms with Crippen molar-refractivity contribution in [2.24, 2.45) is 11.0 Å². The molecule has 0 aliphatic carbocycles. The predicted molar refractivity (Wildman–Crippen MR) is 77.2 cm³/mol. The van der Waals surface area contributed by atoms with Crippen LogP contribution in [0.1, 0.15) is 12.0 Å². The van der Waals surface area contributed by atoms with Crippen molar-refractivity contribution in [1.29, 1.82) is 0 Å². The van der Waals surface area contributed by atoms with Crippen molar-refractivity contribution in [2.45, 2.75) is 6.42 Å². The van der Waals surface area contributed by atoms with E-state index in [0.29, 0.717) is 17.7 Å². The van der Waals surface area contributed by atoms with Crippen LogP contribution in [0.5, 0.6) is 11.5 Å². The van der Waals surface area contributed by atoms with Crippen LogP contribution >= 0.6 is 0 Å². The van der Waals surface area contributed by atoms with Gasteiger partial charge in [0.05, 0.1) is 30.7 Å². The van der Waals surface area contributed by atoms with Gasteiger partial charge in [-0.25, -0.2) is 13.8 Å². The van der Waals surface area contributed by atoms with E-state index in [1.54, 1.807) is 12.1 Å². The number of carbonyl (C=O) groups excluding carboxylic acids is 1. The molecule has 7 nitrogen and oxygen atoms in total. The van der Waals surface area contributed by atoms with Crippen LogP contribution in [0.4, 0.5) is 0 Å². The Morgan fingerprint density at radius 1 is 1.52 bits per heavy atom. The van der Waals surface area contributed by atoms with Crippen LogP contribution in [0.15, 0.2) is 23.3 Å². The minimum absolute atomic E-state index is 0.0327. The summed E-state index contributed by atoms with van der Waals surface area (Å²) >= 11 is 0.